The van der Waals surface area contributed by atoms with Crippen LogP contribution < -0.4 is 0 Å². The third-order valence-electron chi connectivity index (χ3n) is 3.27. The first-order valence-corrected chi connectivity index (χ1v) is 6.16. The molecule has 0 saturated carbocycles. The van der Waals surface area contributed by atoms with Crippen molar-refractivity contribution in [3.8, 4) is 11.3 Å². The Hall–Kier alpha value is -2.61. The zero-order valence-electron chi connectivity index (χ0n) is 10.1. The van der Waals surface area contributed by atoms with Crippen LogP contribution in [-0.4, -0.2) is 4.98 Å². The van der Waals surface area contributed by atoms with Crippen molar-refractivity contribution in [3.05, 3.63) is 66.9 Å². The van der Waals surface area contributed by atoms with Crippen LogP contribution >= 0.6 is 0 Å². The standard InChI is InChI=1S/C17H10NO/c1-2-10-16-12(6-1)13-7-5-8-14(17(13)19-16)15-9-3-4-11-18-15/h1-4,6-11H. The van der Waals surface area contributed by atoms with Gasteiger partial charge in [0.25, 0.3) is 0 Å². The van der Waals surface area contributed by atoms with Gasteiger partial charge in [0.15, 0.2) is 0 Å². The van der Waals surface area contributed by atoms with E-state index in [9.17, 15) is 0 Å². The summed E-state index contributed by atoms with van der Waals surface area (Å²) >= 11 is 0. The van der Waals surface area contributed by atoms with E-state index in [2.05, 4.69) is 17.1 Å². The number of nitrogens with zero attached hydrogens (tertiary/aromatic N) is 1. The van der Waals surface area contributed by atoms with Gasteiger partial charge >= 0.3 is 0 Å². The molecular formula is C17H10NO. The minimum Gasteiger partial charge on any atom is -0.455 e. The Morgan fingerprint density at radius 1 is 0.895 bits per heavy atom. The number of pyridine rings is 1. The topological polar surface area (TPSA) is 26.0 Å². The highest BCUT2D eigenvalue weighted by Crippen LogP contribution is 2.34. The maximum atomic E-state index is 5.98. The van der Waals surface area contributed by atoms with E-state index in [1.165, 1.54) is 0 Å². The van der Waals surface area contributed by atoms with Gasteiger partial charge < -0.3 is 4.42 Å². The van der Waals surface area contributed by atoms with E-state index in [-0.39, 0.29) is 0 Å². The first kappa shape index (κ1) is 10.3. The van der Waals surface area contributed by atoms with Gasteiger partial charge in [0.2, 0.25) is 0 Å². The number of fused-ring (bicyclic) bond motifs is 3. The molecule has 4 rings (SSSR count). The Bertz CT molecular complexity index is 862. The van der Waals surface area contributed by atoms with Crippen molar-refractivity contribution < 1.29 is 4.42 Å². The summed E-state index contributed by atoms with van der Waals surface area (Å²) in [5, 5.41) is 2.20. The molecule has 0 spiro atoms. The first-order chi connectivity index (χ1) is 9.43. The highest BCUT2D eigenvalue weighted by atomic mass is 16.3. The van der Waals surface area contributed by atoms with Gasteiger partial charge in [-0.1, -0.05) is 24.3 Å². The summed E-state index contributed by atoms with van der Waals surface area (Å²) in [5.41, 5.74) is 3.66. The molecule has 1 radical (unpaired) electrons. The molecule has 0 aliphatic heterocycles. The SMILES string of the molecule is [c]1cc(-c2ccccn2)c2oc3ccccc3c2c1. The van der Waals surface area contributed by atoms with Crippen molar-refractivity contribution in [2.75, 3.05) is 0 Å². The molecule has 0 aliphatic rings. The molecule has 2 aromatic heterocycles. The molecule has 0 unspecified atom stereocenters. The zero-order valence-corrected chi connectivity index (χ0v) is 10.1. The summed E-state index contributed by atoms with van der Waals surface area (Å²) in [6, 6.07) is 21.0. The van der Waals surface area contributed by atoms with Crippen LogP contribution in [0, 0.1) is 6.07 Å². The zero-order chi connectivity index (χ0) is 12.7. The summed E-state index contributed by atoms with van der Waals surface area (Å²) in [6.45, 7) is 0. The molecule has 4 aromatic rings. The molecule has 0 bridgehead atoms. The number of para-hydroxylation sites is 1. The molecule has 0 saturated heterocycles. The van der Waals surface area contributed by atoms with E-state index in [0.717, 1.165) is 33.2 Å². The summed E-state index contributed by atoms with van der Waals surface area (Å²) < 4.78 is 5.98. The molecule has 2 aromatic carbocycles. The van der Waals surface area contributed by atoms with Gasteiger partial charge in [-0.25, -0.2) is 0 Å². The van der Waals surface area contributed by atoms with Crippen LogP contribution in [0.2, 0.25) is 0 Å². The largest absolute Gasteiger partial charge is 0.455 e. The van der Waals surface area contributed by atoms with Crippen LogP contribution in [-0.2, 0) is 0 Å². The minimum absolute atomic E-state index is 0.874. The Morgan fingerprint density at radius 3 is 2.68 bits per heavy atom. The average Bonchev–Trinajstić information content (AvgIpc) is 2.87. The maximum Gasteiger partial charge on any atom is 0.144 e. The Labute approximate surface area is 110 Å². The Morgan fingerprint density at radius 2 is 1.79 bits per heavy atom. The molecule has 89 valence electrons. The van der Waals surface area contributed by atoms with Gasteiger partial charge in [0.1, 0.15) is 11.2 Å². The van der Waals surface area contributed by atoms with Crippen molar-refractivity contribution in [1.29, 1.82) is 0 Å². The third-order valence-corrected chi connectivity index (χ3v) is 3.27. The van der Waals surface area contributed by atoms with Crippen molar-refractivity contribution in [3.63, 3.8) is 0 Å². The van der Waals surface area contributed by atoms with Crippen LogP contribution in [0.5, 0.6) is 0 Å². The van der Waals surface area contributed by atoms with Crippen molar-refractivity contribution in [2.45, 2.75) is 0 Å². The van der Waals surface area contributed by atoms with E-state index >= 15 is 0 Å². The van der Waals surface area contributed by atoms with E-state index in [1.54, 1.807) is 6.20 Å². The highest BCUT2D eigenvalue weighted by Gasteiger charge is 2.11. The first-order valence-electron chi connectivity index (χ1n) is 6.16. The van der Waals surface area contributed by atoms with Crippen molar-refractivity contribution >= 4 is 21.9 Å². The number of benzene rings is 2. The number of hydrogen-bond donors (Lipinski definition) is 0. The fourth-order valence-corrected chi connectivity index (χ4v) is 2.39. The minimum atomic E-state index is 0.874. The molecule has 19 heavy (non-hydrogen) atoms. The third kappa shape index (κ3) is 1.54. The molecule has 0 atom stereocenters. The van der Waals surface area contributed by atoms with E-state index in [4.69, 9.17) is 4.42 Å². The summed E-state index contributed by atoms with van der Waals surface area (Å²) in [6.07, 6.45) is 1.79. The molecule has 2 heteroatoms. The molecule has 0 amide bonds. The van der Waals surface area contributed by atoms with Crippen LogP contribution in [0.3, 0.4) is 0 Å². The summed E-state index contributed by atoms with van der Waals surface area (Å²) in [4.78, 5) is 4.39. The average molecular weight is 244 g/mol. The van der Waals surface area contributed by atoms with E-state index < -0.39 is 0 Å². The van der Waals surface area contributed by atoms with Gasteiger partial charge in [-0.05, 0) is 36.4 Å². The number of rotatable bonds is 1. The highest BCUT2D eigenvalue weighted by molar-refractivity contribution is 6.09. The van der Waals surface area contributed by atoms with Crippen molar-refractivity contribution in [2.24, 2.45) is 0 Å². The second kappa shape index (κ2) is 3.95. The second-order valence-electron chi connectivity index (χ2n) is 4.43. The molecular weight excluding hydrogens is 234 g/mol. The van der Waals surface area contributed by atoms with E-state index in [0.29, 0.717) is 0 Å². The lowest BCUT2D eigenvalue weighted by Crippen LogP contribution is -1.82. The molecule has 2 heterocycles. The lowest BCUT2D eigenvalue weighted by Gasteiger charge is -2.00. The van der Waals surface area contributed by atoms with Crippen LogP contribution in [0.4, 0.5) is 0 Å². The van der Waals surface area contributed by atoms with E-state index in [1.807, 2.05) is 48.5 Å². The monoisotopic (exact) mass is 244 g/mol. The molecule has 0 fully saturated rings. The molecule has 0 aliphatic carbocycles. The number of hydrogen-bond acceptors (Lipinski definition) is 2. The van der Waals surface area contributed by atoms with Gasteiger partial charge in [-0.15, -0.1) is 0 Å². The summed E-state index contributed by atoms with van der Waals surface area (Å²) in [5.74, 6) is 0. The lowest BCUT2D eigenvalue weighted by atomic mass is 10.1. The van der Waals surface area contributed by atoms with Gasteiger partial charge in [-0.2, -0.15) is 0 Å². The molecule has 0 N–H and O–H groups in total. The van der Waals surface area contributed by atoms with Gasteiger partial charge in [0, 0.05) is 22.5 Å². The molecule has 2 nitrogen and oxygen atoms in total. The van der Waals surface area contributed by atoms with Crippen LogP contribution in [0.25, 0.3) is 33.2 Å². The van der Waals surface area contributed by atoms with Crippen LogP contribution in [0.1, 0.15) is 0 Å². The fraction of sp³-hybridized carbons (Fsp3) is 0. The summed E-state index contributed by atoms with van der Waals surface area (Å²) in [7, 11) is 0. The normalized spacial score (nSPS) is 11.2. The fourth-order valence-electron chi connectivity index (χ4n) is 2.39. The predicted octanol–water partition coefficient (Wildman–Crippen LogP) is 4.45. The second-order valence-corrected chi connectivity index (χ2v) is 4.43. The predicted molar refractivity (Wildman–Crippen MR) is 75.8 cm³/mol. The quantitative estimate of drug-likeness (QED) is 0.494. The maximum absolute atomic E-state index is 5.98. The Kier molecular flexibility index (Phi) is 2.15. The van der Waals surface area contributed by atoms with Gasteiger partial charge in [0.05, 0.1) is 5.69 Å². The van der Waals surface area contributed by atoms with Crippen LogP contribution in [0.15, 0.2) is 65.2 Å². The Balaban J connectivity index is 2.13. The smallest absolute Gasteiger partial charge is 0.144 e. The lowest BCUT2D eigenvalue weighted by molar-refractivity contribution is 0.670. The van der Waals surface area contributed by atoms with Crippen molar-refractivity contribution in [1.82, 2.24) is 4.98 Å². The van der Waals surface area contributed by atoms with Gasteiger partial charge in [-0.3, -0.25) is 4.98 Å². The number of furan rings is 1. The number of aromatic nitrogens is 1.